The highest BCUT2D eigenvalue weighted by Crippen LogP contribution is 2.13. The molecule has 4 nitrogen and oxygen atoms in total. The van der Waals surface area contributed by atoms with E-state index in [9.17, 15) is 4.79 Å². The highest BCUT2D eigenvalue weighted by molar-refractivity contribution is 5.89. The summed E-state index contributed by atoms with van der Waals surface area (Å²) >= 11 is 0. The van der Waals surface area contributed by atoms with Gasteiger partial charge in [-0.25, -0.2) is 4.79 Å². The molecule has 1 aliphatic heterocycles. The van der Waals surface area contributed by atoms with Crippen LogP contribution in [0.2, 0.25) is 0 Å². The maximum absolute atomic E-state index is 11.8. The lowest BCUT2D eigenvalue weighted by Crippen LogP contribution is -2.22. The number of likely N-dealkylation sites (tertiary alicyclic amines) is 1. The maximum Gasteiger partial charge on any atom is 0.338 e. The number of likely N-dealkylation sites (N-methyl/N-ethyl adjacent to an activating group) is 1. The minimum atomic E-state index is -0.310. The van der Waals surface area contributed by atoms with E-state index < -0.39 is 0 Å². The van der Waals surface area contributed by atoms with Crippen LogP contribution in [0.25, 0.3) is 0 Å². The Labute approximate surface area is 100 Å². The summed E-state index contributed by atoms with van der Waals surface area (Å²) in [5.41, 5.74) is 1.04. The molecule has 0 saturated carbocycles. The molecule has 2 rings (SSSR count). The molecular formula is C13H14N2O2. The Balaban J connectivity index is 1.97. The Morgan fingerprint density at radius 1 is 1.47 bits per heavy atom. The van der Waals surface area contributed by atoms with Crippen LogP contribution >= 0.6 is 0 Å². The summed E-state index contributed by atoms with van der Waals surface area (Å²) in [5, 5.41) is 8.65. The summed E-state index contributed by atoms with van der Waals surface area (Å²) < 4.78 is 5.38. The molecule has 1 aliphatic rings. The number of hydrogen-bond donors (Lipinski definition) is 0. The SMILES string of the molecule is CN1CC[C@H](OC(=O)c2ccc(C#N)cc2)C1. The number of ether oxygens (including phenoxy) is 1. The lowest BCUT2D eigenvalue weighted by Gasteiger charge is -2.12. The van der Waals surface area contributed by atoms with Gasteiger partial charge in [-0.05, 0) is 37.7 Å². The second-order valence-electron chi connectivity index (χ2n) is 4.27. The summed E-state index contributed by atoms with van der Waals surface area (Å²) in [6.45, 7) is 1.76. The third kappa shape index (κ3) is 2.83. The number of esters is 1. The van der Waals surface area contributed by atoms with Gasteiger partial charge in [-0.15, -0.1) is 0 Å². The Bertz CT molecular complexity index is 447. The second kappa shape index (κ2) is 4.98. The van der Waals surface area contributed by atoms with Crippen molar-refractivity contribution in [2.45, 2.75) is 12.5 Å². The monoisotopic (exact) mass is 230 g/mol. The zero-order chi connectivity index (χ0) is 12.3. The van der Waals surface area contributed by atoms with Gasteiger partial charge in [-0.2, -0.15) is 5.26 Å². The fraction of sp³-hybridized carbons (Fsp3) is 0.385. The number of rotatable bonds is 2. The van der Waals surface area contributed by atoms with Crippen LogP contribution in [0, 0.1) is 11.3 Å². The summed E-state index contributed by atoms with van der Waals surface area (Å²) in [6.07, 6.45) is 0.876. The molecule has 1 aromatic rings. The molecule has 0 N–H and O–H groups in total. The quantitative estimate of drug-likeness (QED) is 0.721. The lowest BCUT2D eigenvalue weighted by molar-refractivity contribution is 0.0327. The van der Waals surface area contributed by atoms with Gasteiger partial charge in [0.1, 0.15) is 6.10 Å². The molecule has 0 bridgehead atoms. The van der Waals surface area contributed by atoms with Crippen molar-refractivity contribution in [3.63, 3.8) is 0 Å². The van der Waals surface area contributed by atoms with Crippen molar-refractivity contribution in [1.82, 2.24) is 4.90 Å². The van der Waals surface area contributed by atoms with Crippen LogP contribution in [0.3, 0.4) is 0 Å². The van der Waals surface area contributed by atoms with Crippen molar-refractivity contribution in [3.05, 3.63) is 35.4 Å². The highest BCUT2D eigenvalue weighted by atomic mass is 16.5. The minimum absolute atomic E-state index is 0.0110. The molecule has 1 aromatic carbocycles. The van der Waals surface area contributed by atoms with Crippen molar-refractivity contribution >= 4 is 5.97 Å². The van der Waals surface area contributed by atoms with Crippen molar-refractivity contribution in [3.8, 4) is 6.07 Å². The van der Waals surface area contributed by atoms with Crippen molar-refractivity contribution in [1.29, 1.82) is 5.26 Å². The molecular weight excluding hydrogens is 216 g/mol. The Hall–Kier alpha value is -1.86. The molecule has 1 heterocycles. The number of nitriles is 1. The van der Waals surface area contributed by atoms with Crippen molar-refractivity contribution in [2.24, 2.45) is 0 Å². The van der Waals surface area contributed by atoms with Gasteiger partial charge in [0.15, 0.2) is 0 Å². The molecule has 0 radical (unpaired) electrons. The van der Waals surface area contributed by atoms with E-state index in [1.807, 2.05) is 13.1 Å². The average Bonchev–Trinajstić information content (AvgIpc) is 2.75. The van der Waals surface area contributed by atoms with E-state index in [0.29, 0.717) is 11.1 Å². The van der Waals surface area contributed by atoms with E-state index in [1.54, 1.807) is 24.3 Å². The summed E-state index contributed by atoms with van der Waals surface area (Å²) in [4.78, 5) is 13.9. The molecule has 0 unspecified atom stereocenters. The topological polar surface area (TPSA) is 53.3 Å². The molecule has 1 atom stereocenters. The van der Waals surface area contributed by atoms with Gasteiger partial charge in [0.05, 0.1) is 17.2 Å². The van der Waals surface area contributed by atoms with Crippen molar-refractivity contribution in [2.75, 3.05) is 20.1 Å². The number of nitrogens with zero attached hydrogens (tertiary/aromatic N) is 2. The Kier molecular flexibility index (Phi) is 3.40. The van der Waals surface area contributed by atoms with Crippen LogP contribution < -0.4 is 0 Å². The van der Waals surface area contributed by atoms with Crippen molar-refractivity contribution < 1.29 is 9.53 Å². The van der Waals surface area contributed by atoms with Crippen LogP contribution in [0.4, 0.5) is 0 Å². The first-order chi connectivity index (χ1) is 8.19. The predicted octanol–water partition coefficient (Wildman–Crippen LogP) is 1.42. The molecule has 0 spiro atoms. The highest BCUT2D eigenvalue weighted by Gasteiger charge is 2.23. The van der Waals surface area contributed by atoms with E-state index in [0.717, 1.165) is 19.5 Å². The fourth-order valence-electron chi connectivity index (χ4n) is 1.89. The summed E-state index contributed by atoms with van der Waals surface area (Å²) in [7, 11) is 2.01. The van der Waals surface area contributed by atoms with Crippen LogP contribution in [-0.2, 0) is 4.74 Å². The van der Waals surface area contributed by atoms with Crippen LogP contribution in [0.5, 0.6) is 0 Å². The third-order valence-electron chi connectivity index (χ3n) is 2.87. The van der Waals surface area contributed by atoms with E-state index in [1.165, 1.54) is 0 Å². The molecule has 17 heavy (non-hydrogen) atoms. The number of benzene rings is 1. The van der Waals surface area contributed by atoms with E-state index in [-0.39, 0.29) is 12.1 Å². The largest absolute Gasteiger partial charge is 0.457 e. The van der Waals surface area contributed by atoms with Gasteiger partial charge in [-0.3, -0.25) is 0 Å². The Morgan fingerprint density at radius 2 is 2.18 bits per heavy atom. The molecule has 4 heteroatoms. The number of carbonyl (C=O) groups is 1. The molecule has 0 aromatic heterocycles. The molecule has 88 valence electrons. The molecule has 1 saturated heterocycles. The first-order valence-electron chi connectivity index (χ1n) is 5.59. The first-order valence-corrected chi connectivity index (χ1v) is 5.59. The van der Waals surface area contributed by atoms with Gasteiger partial charge in [0.25, 0.3) is 0 Å². The van der Waals surface area contributed by atoms with Crippen LogP contribution in [-0.4, -0.2) is 37.1 Å². The van der Waals surface area contributed by atoms with E-state index >= 15 is 0 Å². The van der Waals surface area contributed by atoms with Gasteiger partial charge in [0, 0.05) is 13.1 Å². The van der Waals surface area contributed by atoms with E-state index in [2.05, 4.69) is 4.90 Å². The van der Waals surface area contributed by atoms with Crippen LogP contribution in [0.1, 0.15) is 22.3 Å². The lowest BCUT2D eigenvalue weighted by atomic mass is 10.1. The Morgan fingerprint density at radius 3 is 2.71 bits per heavy atom. The first kappa shape index (κ1) is 11.6. The van der Waals surface area contributed by atoms with Crippen LogP contribution in [0.15, 0.2) is 24.3 Å². The predicted molar refractivity (Wildman–Crippen MR) is 62.5 cm³/mol. The normalized spacial score (nSPS) is 19.9. The maximum atomic E-state index is 11.8. The van der Waals surface area contributed by atoms with E-state index in [4.69, 9.17) is 10.00 Å². The average molecular weight is 230 g/mol. The third-order valence-corrected chi connectivity index (χ3v) is 2.87. The number of hydrogen-bond acceptors (Lipinski definition) is 4. The zero-order valence-electron chi connectivity index (χ0n) is 9.72. The summed E-state index contributed by atoms with van der Waals surface area (Å²) in [6, 6.07) is 8.51. The molecule has 0 aliphatic carbocycles. The number of carbonyl (C=O) groups excluding carboxylic acids is 1. The second-order valence-corrected chi connectivity index (χ2v) is 4.27. The zero-order valence-corrected chi connectivity index (χ0v) is 9.72. The van der Waals surface area contributed by atoms with Gasteiger partial charge in [-0.1, -0.05) is 0 Å². The van der Waals surface area contributed by atoms with Gasteiger partial charge < -0.3 is 9.64 Å². The summed E-state index contributed by atoms with van der Waals surface area (Å²) in [5.74, 6) is -0.310. The molecule has 1 fully saturated rings. The standard InChI is InChI=1S/C13H14N2O2/c1-15-7-6-12(9-15)17-13(16)11-4-2-10(8-14)3-5-11/h2-5,12H,6-7,9H2,1H3/t12-/m0/s1. The molecule has 0 amide bonds. The fourth-order valence-corrected chi connectivity index (χ4v) is 1.89. The smallest absolute Gasteiger partial charge is 0.338 e. The van der Waals surface area contributed by atoms with Gasteiger partial charge >= 0.3 is 5.97 Å². The van der Waals surface area contributed by atoms with Gasteiger partial charge in [0.2, 0.25) is 0 Å². The minimum Gasteiger partial charge on any atom is -0.457 e.